The van der Waals surface area contributed by atoms with Gasteiger partial charge in [-0.1, -0.05) is 60.7 Å². The van der Waals surface area contributed by atoms with Gasteiger partial charge in [0.1, 0.15) is 11.3 Å². The number of hydrogen-bond donors (Lipinski definition) is 1. The predicted octanol–water partition coefficient (Wildman–Crippen LogP) is 3.03. The van der Waals surface area contributed by atoms with Gasteiger partial charge in [0.05, 0.1) is 6.54 Å². The van der Waals surface area contributed by atoms with E-state index in [1.165, 1.54) is 0 Å². The van der Waals surface area contributed by atoms with Crippen molar-refractivity contribution in [1.82, 2.24) is 15.1 Å². The zero-order chi connectivity index (χ0) is 19.3. The number of benzene rings is 2. The molecule has 1 heterocycles. The number of carbonyl (C=O) groups excluding carboxylic acids is 2. The van der Waals surface area contributed by atoms with Crippen molar-refractivity contribution in [3.8, 4) is 11.3 Å². The number of ether oxygens (including phenoxy) is 1. The monoisotopic (exact) mass is 375 g/mol. The molecular formula is C22H21N3O3. The van der Waals surface area contributed by atoms with E-state index < -0.39 is 5.97 Å². The van der Waals surface area contributed by atoms with Crippen molar-refractivity contribution in [2.45, 2.75) is 25.4 Å². The molecule has 0 atom stereocenters. The Balaban J connectivity index is 1.54. The summed E-state index contributed by atoms with van der Waals surface area (Å²) in [6, 6.07) is 19.6. The molecule has 6 heteroatoms. The van der Waals surface area contributed by atoms with Gasteiger partial charge in [0.15, 0.2) is 6.61 Å². The highest BCUT2D eigenvalue weighted by Gasteiger charge is 2.25. The summed E-state index contributed by atoms with van der Waals surface area (Å²) in [5, 5.41) is 7.41. The Bertz CT molecular complexity index is 963. The van der Waals surface area contributed by atoms with E-state index in [0.29, 0.717) is 17.8 Å². The van der Waals surface area contributed by atoms with Crippen LogP contribution in [0.25, 0.3) is 11.3 Å². The largest absolute Gasteiger partial charge is 0.452 e. The molecule has 1 aliphatic carbocycles. The van der Waals surface area contributed by atoms with Gasteiger partial charge in [-0.25, -0.2) is 4.79 Å². The van der Waals surface area contributed by atoms with Gasteiger partial charge in [-0.15, -0.1) is 0 Å². The van der Waals surface area contributed by atoms with Crippen LogP contribution in [0.1, 0.15) is 28.8 Å². The molecule has 142 valence electrons. The lowest BCUT2D eigenvalue weighted by Gasteiger charge is -2.05. The van der Waals surface area contributed by atoms with Crippen molar-refractivity contribution in [3.63, 3.8) is 0 Å². The van der Waals surface area contributed by atoms with Crippen LogP contribution in [0.4, 0.5) is 0 Å². The van der Waals surface area contributed by atoms with Gasteiger partial charge in [0, 0.05) is 17.8 Å². The molecule has 0 radical (unpaired) electrons. The van der Waals surface area contributed by atoms with E-state index >= 15 is 0 Å². The van der Waals surface area contributed by atoms with Crippen LogP contribution in [0.5, 0.6) is 0 Å². The summed E-state index contributed by atoms with van der Waals surface area (Å²) < 4.78 is 6.96. The van der Waals surface area contributed by atoms with Crippen LogP contribution >= 0.6 is 0 Å². The number of rotatable bonds is 7. The third-order valence-electron chi connectivity index (χ3n) is 4.49. The first-order chi connectivity index (χ1) is 13.7. The molecular weight excluding hydrogens is 354 g/mol. The van der Waals surface area contributed by atoms with Crippen LogP contribution in [0, 0.1) is 0 Å². The van der Waals surface area contributed by atoms with Crippen LogP contribution in [0.15, 0.2) is 66.9 Å². The number of carbonyl (C=O) groups is 2. The van der Waals surface area contributed by atoms with E-state index in [2.05, 4.69) is 10.4 Å². The molecule has 1 aliphatic rings. The molecule has 0 aliphatic heterocycles. The molecule has 1 amide bonds. The Morgan fingerprint density at radius 3 is 2.39 bits per heavy atom. The zero-order valence-electron chi connectivity index (χ0n) is 15.4. The van der Waals surface area contributed by atoms with E-state index in [1.54, 1.807) is 10.9 Å². The summed E-state index contributed by atoms with van der Waals surface area (Å²) in [5.74, 6) is -0.821. The maximum Gasteiger partial charge on any atom is 0.342 e. The first-order valence-corrected chi connectivity index (χ1v) is 9.32. The minimum Gasteiger partial charge on any atom is -0.452 e. The number of amides is 1. The van der Waals surface area contributed by atoms with Crippen molar-refractivity contribution in [3.05, 3.63) is 78.0 Å². The second-order valence-electron chi connectivity index (χ2n) is 6.86. The summed E-state index contributed by atoms with van der Waals surface area (Å²) >= 11 is 0. The lowest BCUT2D eigenvalue weighted by atomic mass is 10.1. The number of nitrogens with one attached hydrogen (secondary N) is 1. The number of aromatic nitrogens is 2. The van der Waals surface area contributed by atoms with Gasteiger partial charge < -0.3 is 10.1 Å². The number of esters is 1. The van der Waals surface area contributed by atoms with Crippen LogP contribution in [-0.4, -0.2) is 34.3 Å². The fraction of sp³-hybridized carbons (Fsp3) is 0.227. The smallest absolute Gasteiger partial charge is 0.342 e. The highest BCUT2D eigenvalue weighted by atomic mass is 16.5. The van der Waals surface area contributed by atoms with Gasteiger partial charge in [-0.05, 0) is 18.4 Å². The first-order valence-electron chi connectivity index (χ1n) is 9.32. The van der Waals surface area contributed by atoms with Crippen LogP contribution in [-0.2, 0) is 16.1 Å². The third-order valence-corrected chi connectivity index (χ3v) is 4.49. The zero-order valence-corrected chi connectivity index (χ0v) is 15.4. The first kappa shape index (κ1) is 18.0. The summed E-state index contributed by atoms with van der Waals surface area (Å²) in [7, 11) is 0. The lowest BCUT2D eigenvalue weighted by Crippen LogP contribution is -2.30. The fourth-order valence-electron chi connectivity index (χ4n) is 2.94. The fourth-order valence-corrected chi connectivity index (χ4v) is 2.94. The van der Waals surface area contributed by atoms with Crippen molar-refractivity contribution in [1.29, 1.82) is 0 Å². The van der Waals surface area contributed by atoms with Crippen molar-refractivity contribution in [2.75, 3.05) is 6.61 Å². The average Bonchev–Trinajstić information content (AvgIpc) is 3.44. The molecule has 28 heavy (non-hydrogen) atoms. The molecule has 0 bridgehead atoms. The molecule has 2 aromatic carbocycles. The Morgan fingerprint density at radius 1 is 1.04 bits per heavy atom. The van der Waals surface area contributed by atoms with E-state index in [4.69, 9.17) is 4.74 Å². The molecule has 1 fully saturated rings. The standard InChI is InChI=1S/C22H21N3O3/c26-20(23-18-11-12-18)15-28-22(27)19-14-25(13-16-7-3-1-4-8-16)24-21(19)17-9-5-2-6-10-17/h1-10,14,18H,11-13,15H2,(H,23,26). The summed E-state index contributed by atoms with van der Waals surface area (Å²) in [6.45, 7) is 0.254. The Hall–Kier alpha value is -3.41. The van der Waals surface area contributed by atoms with E-state index in [0.717, 1.165) is 24.0 Å². The Kier molecular flexibility index (Phi) is 5.19. The van der Waals surface area contributed by atoms with E-state index in [-0.39, 0.29) is 18.6 Å². The summed E-state index contributed by atoms with van der Waals surface area (Å²) in [4.78, 5) is 24.5. The number of nitrogens with zero attached hydrogens (tertiary/aromatic N) is 2. The summed E-state index contributed by atoms with van der Waals surface area (Å²) in [6.07, 6.45) is 3.66. The van der Waals surface area contributed by atoms with E-state index in [9.17, 15) is 9.59 Å². The van der Waals surface area contributed by atoms with Gasteiger partial charge in [0.25, 0.3) is 5.91 Å². The quantitative estimate of drug-likeness (QED) is 0.644. The molecule has 6 nitrogen and oxygen atoms in total. The molecule has 0 unspecified atom stereocenters. The van der Waals surface area contributed by atoms with Gasteiger partial charge >= 0.3 is 5.97 Å². The summed E-state index contributed by atoms with van der Waals surface area (Å²) in [5.41, 5.74) is 2.79. The van der Waals surface area contributed by atoms with Crippen LogP contribution in [0.3, 0.4) is 0 Å². The van der Waals surface area contributed by atoms with Crippen molar-refractivity contribution < 1.29 is 14.3 Å². The van der Waals surface area contributed by atoms with Crippen molar-refractivity contribution >= 4 is 11.9 Å². The van der Waals surface area contributed by atoms with Gasteiger partial charge in [0.2, 0.25) is 0 Å². The van der Waals surface area contributed by atoms with Gasteiger partial charge in [-0.3, -0.25) is 9.48 Å². The third kappa shape index (κ3) is 4.46. The molecule has 4 rings (SSSR count). The molecule has 1 aromatic heterocycles. The van der Waals surface area contributed by atoms with Crippen molar-refractivity contribution in [2.24, 2.45) is 0 Å². The highest BCUT2D eigenvalue weighted by Crippen LogP contribution is 2.23. The number of hydrogen-bond acceptors (Lipinski definition) is 4. The van der Waals surface area contributed by atoms with Crippen LogP contribution in [0.2, 0.25) is 0 Å². The normalized spacial score (nSPS) is 13.1. The Morgan fingerprint density at radius 2 is 1.71 bits per heavy atom. The second-order valence-corrected chi connectivity index (χ2v) is 6.86. The molecule has 1 saturated carbocycles. The minimum absolute atomic E-state index is 0.236. The van der Waals surface area contributed by atoms with E-state index in [1.807, 2.05) is 60.7 Å². The molecule has 3 aromatic rings. The topological polar surface area (TPSA) is 73.2 Å². The average molecular weight is 375 g/mol. The maximum atomic E-state index is 12.7. The second kappa shape index (κ2) is 8.08. The predicted molar refractivity (Wildman–Crippen MR) is 105 cm³/mol. The Labute approximate surface area is 163 Å². The molecule has 0 saturated heterocycles. The highest BCUT2D eigenvalue weighted by molar-refractivity contribution is 5.97. The molecule has 0 spiro atoms. The van der Waals surface area contributed by atoms with Gasteiger partial charge in [-0.2, -0.15) is 5.10 Å². The maximum absolute atomic E-state index is 12.7. The minimum atomic E-state index is -0.552. The molecule has 1 N–H and O–H groups in total. The van der Waals surface area contributed by atoms with Crippen LogP contribution < -0.4 is 5.32 Å². The SMILES string of the molecule is O=C(COC(=O)c1cn(Cc2ccccc2)nc1-c1ccccc1)NC1CC1. The lowest BCUT2D eigenvalue weighted by molar-refractivity contribution is -0.124.